The summed E-state index contributed by atoms with van der Waals surface area (Å²) in [6, 6.07) is 8.24. The number of carbonyl (C=O) groups excluding carboxylic acids is 1. The lowest BCUT2D eigenvalue weighted by Crippen LogP contribution is -2.45. The van der Waals surface area contributed by atoms with E-state index in [1.54, 1.807) is 0 Å². The van der Waals surface area contributed by atoms with E-state index in [1.807, 2.05) is 24.3 Å². The molecule has 7 heteroatoms. The van der Waals surface area contributed by atoms with Crippen LogP contribution >= 0.6 is 24.0 Å². The van der Waals surface area contributed by atoms with Crippen molar-refractivity contribution in [3.05, 3.63) is 29.8 Å². The number of terminal acetylenes is 1. The van der Waals surface area contributed by atoms with Crippen LogP contribution in [0, 0.1) is 18.3 Å². The molecule has 3 rings (SSSR count). The minimum absolute atomic E-state index is 0. The van der Waals surface area contributed by atoms with E-state index in [-0.39, 0.29) is 42.5 Å². The third kappa shape index (κ3) is 8.19. The Bertz CT molecular complexity index is 769. The van der Waals surface area contributed by atoms with E-state index in [0.717, 1.165) is 57.0 Å². The Kier molecular flexibility index (Phi) is 11.7. The Labute approximate surface area is 210 Å². The van der Waals surface area contributed by atoms with E-state index >= 15 is 0 Å². The molecule has 0 spiro atoms. The number of amides is 1. The summed E-state index contributed by atoms with van der Waals surface area (Å²) >= 11 is 0. The van der Waals surface area contributed by atoms with Crippen molar-refractivity contribution in [3.8, 4) is 18.1 Å². The zero-order valence-corrected chi connectivity index (χ0v) is 21.5. The van der Waals surface area contributed by atoms with Gasteiger partial charge in [0.1, 0.15) is 12.4 Å². The molecule has 2 N–H and O–H groups in total. The first kappa shape index (κ1) is 26.3. The fourth-order valence-electron chi connectivity index (χ4n) is 4.37. The molecule has 1 saturated heterocycles. The van der Waals surface area contributed by atoms with Gasteiger partial charge in [0.2, 0.25) is 5.91 Å². The molecule has 2 fully saturated rings. The van der Waals surface area contributed by atoms with Crippen LogP contribution in [-0.4, -0.2) is 55.6 Å². The average molecular weight is 553 g/mol. The smallest absolute Gasteiger partial charge is 0.225 e. The van der Waals surface area contributed by atoms with Crippen molar-refractivity contribution in [2.45, 2.75) is 57.9 Å². The summed E-state index contributed by atoms with van der Waals surface area (Å²) in [5.74, 6) is 4.69. The molecular formula is C25H37IN4O2. The second-order valence-corrected chi connectivity index (χ2v) is 8.40. The van der Waals surface area contributed by atoms with Gasteiger partial charge in [0.15, 0.2) is 5.96 Å². The molecule has 1 amide bonds. The van der Waals surface area contributed by atoms with Crippen molar-refractivity contribution in [2.75, 3.05) is 32.8 Å². The third-order valence-electron chi connectivity index (χ3n) is 6.06. The molecule has 1 unspecified atom stereocenters. The topological polar surface area (TPSA) is 66.0 Å². The van der Waals surface area contributed by atoms with Crippen LogP contribution in [0.15, 0.2) is 29.3 Å². The molecule has 0 bridgehead atoms. The molecule has 1 heterocycles. The predicted octanol–water partition coefficient (Wildman–Crippen LogP) is 3.60. The molecule has 32 heavy (non-hydrogen) atoms. The van der Waals surface area contributed by atoms with Gasteiger partial charge in [-0.3, -0.25) is 9.79 Å². The number of likely N-dealkylation sites (tertiary alicyclic amines) is 1. The Hall–Kier alpha value is -1.95. The first-order valence-corrected chi connectivity index (χ1v) is 11.7. The quantitative estimate of drug-likeness (QED) is 0.224. The van der Waals surface area contributed by atoms with Gasteiger partial charge in [-0.05, 0) is 50.3 Å². The summed E-state index contributed by atoms with van der Waals surface area (Å²) in [5, 5.41) is 6.86. The Morgan fingerprint density at radius 1 is 1.22 bits per heavy atom. The maximum absolute atomic E-state index is 12.8. The van der Waals surface area contributed by atoms with Crippen LogP contribution in [0.5, 0.6) is 5.75 Å². The number of aliphatic imine (C=N–C) groups is 1. The maximum Gasteiger partial charge on any atom is 0.225 e. The summed E-state index contributed by atoms with van der Waals surface area (Å²) < 4.78 is 5.41. The zero-order chi connectivity index (χ0) is 21.9. The molecule has 0 aromatic heterocycles. The summed E-state index contributed by atoms with van der Waals surface area (Å²) in [4.78, 5) is 19.6. The lowest BCUT2D eigenvalue weighted by molar-refractivity contribution is -0.135. The van der Waals surface area contributed by atoms with Gasteiger partial charge in [0.25, 0.3) is 0 Å². The minimum atomic E-state index is 0. The van der Waals surface area contributed by atoms with Crippen molar-refractivity contribution in [1.82, 2.24) is 15.5 Å². The van der Waals surface area contributed by atoms with Gasteiger partial charge in [0, 0.05) is 38.1 Å². The van der Waals surface area contributed by atoms with E-state index < -0.39 is 0 Å². The number of benzene rings is 1. The third-order valence-corrected chi connectivity index (χ3v) is 6.06. The summed E-state index contributed by atoms with van der Waals surface area (Å²) in [7, 11) is 0. The SMILES string of the molecule is C#CCOc1ccc(CCN=C(NCC)NC2CCN(C(=O)C3CCCCC3)C2)cc1.I. The number of rotatable bonds is 8. The van der Waals surface area contributed by atoms with E-state index in [0.29, 0.717) is 12.5 Å². The maximum atomic E-state index is 12.8. The monoisotopic (exact) mass is 552 g/mol. The van der Waals surface area contributed by atoms with Gasteiger partial charge in [-0.2, -0.15) is 0 Å². The molecule has 176 valence electrons. The fourth-order valence-corrected chi connectivity index (χ4v) is 4.37. The van der Waals surface area contributed by atoms with Crippen LogP contribution in [0.4, 0.5) is 0 Å². The van der Waals surface area contributed by atoms with Crippen molar-refractivity contribution in [3.63, 3.8) is 0 Å². The van der Waals surface area contributed by atoms with Crippen molar-refractivity contribution in [1.29, 1.82) is 0 Å². The standard InChI is InChI=1S/C25H36N4O2.HI/c1-3-18-31-23-12-10-20(11-13-23)14-16-27-25(26-4-2)28-22-15-17-29(19-22)24(30)21-8-6-5-7-9-21;/h1,10-13,21-22H,4-9,14-19H2,2H3,(H2,26,27,28);1H. The molecule has 1 aliphatic heterocycles. The second-order valence-electron chi connectivity index (χ2n) is 8.40. The molecular weight excluding hydrogens is 515 g/mol. The lowest BCUT2D eigenvalue weighted by atomic mass is 9.88. The molecule has 6 nitrogen and oxygen atoms in total. The van der Waals surface area contributed by atoms with Gasteiger partial charge in [-0.25, -0.2) is 0 Å². The van der Waals surface area contributed by atoms with E-state index in [1.165, 1.54) is 24.8 Å². The highest BCUT2D eigenvalue weighted by atomic mass is 127. The van der Waals surface area contributed by atoms with Gasteiger partial charge in [-0.15, -0.1) is 30.4 Å². The predicted molar refractivity (Wildman–Crippen MR) is 141 cm³/mol. The molecule has 1 saturated carbocycles. The Morgan fingerprint density at radius 2 is 1.97 bits per heavy atom. The van der Waals surface area contributed by atoms with Crippen molar-refractivity contribution in [2.24, 2.45) is 10.9 Å². The van der Waals surface area contributed by atoms with E-state index in [4.69, 9.17) is 16.2 Å². The van der Waals surface area contributed by atoms with Crippen molar-refractivity contribution >= 4 is 35.8 Å². The largest absolute Gasteiger partial charge is 0.481 e. The molecule has 1 atom stereocenters. The normalized spacial score (nSPS) is 19.1. The molecule has 2 aliphatic rings. The highest BCUT2D eigenvalue weighted by Gasteiger charge is 2.31. The van der Waals surface area contributed by atoms with Crippen LogP contribution < -0.4 is 15.4 Å². The minimum Gasteiger partial charge on any atom is -0.481 e. The highest BCUT2D eigenvalue weighted by molar-refractivity contribution is 14.0. The van der Waals surface area contributed by atoms with Gasteiger partial charge < -0.3 is 20.3 Å². The number of carbonyl (C=O) groups is 1. The van der Waals surface area contributed by atoms with Crippen LogP contribution in [0.1, 0.15) is 51.0 Å². The van der Waals surface area contributed by atoms with E-state index in [9.17, 15) is 4.79 Å². The summed E-state index contributed by atoms with van der Waals surface area (Å²) in [6.07, 6.45) is 12.8. The number of guanidine groups is 1. The van der Waals surface area contributed by atoms with Gasteiger partial charge in [0.05, 0.1) is 0 Å². The number of halogens is 1. The van der Waals surface area contributed by atoms with Crippen LogP contribution in [0.2, 0.25) is 0 Å². The summed E-state index contributed by atoms with van der Waals surface area (Å²) in [5.41, 5.74) is 1.21. The number of ether oxygens (including phenoxy) is 1. The lowest BCUT2D eigenvalue weighted by Gasteiger charge is -2.26. The Balaban J connectivity index is 0.00000363. The number of nitrogens with one attached hydrogen (secondary N) is 2. The molecule has 0 radical (unpaired) electrons. The van der Waals surface area contributed by atoms with Gasteiger partial charge in [-0.1, -0.05) is 37.3 Å². The first-order valence-electron chi connectivity index (χ1n) is 11.7. The highest BCUT2D eigenvalue weighted by Crippen LogP contribution is 2.26. The average Bonchev–Trinajstić information content (AvgIpc) is 3.27. The van der Waals surface area contributed by atoms with Crippen LogP contribution in [-0.2, 0) is 11.2 Å². The second kappa shape index (κ2) is 14.2. The fraction of sp³-hybridized carbons (Fsp3) is 0.600. The Morgan fingerprint density at radius 3 is 2.66 bits per heavy atom. The zero-order valence-electron chi connectivity index (χ0n) is 19.1. The van der Waals surface area contributed by atoms with Crippen LogP contribution in [0.3, 0.4) is 0 Å². The van der Waals surface area contributed by atoms with E-state index in [2.05, 4.69) is 28.4 Å². The van der Waals surface area contributed by atoms with Crippen LogP contribution in [0.25, 0.3) is 0 Å². The van der Waals surface area contributed by atoms with Crippen molar-refractivity contribution < 1.29 is 9.53 Å². The number of hydrogen-bond donors (Lipinski definition) is 2. The molecule has 1 aliphatic carbocycles. The number of nitrogens with zero attached hydrogens (tertiary/aromatic N) is 2. The molecule has 1 aromatic carbocycles. The summed E-state index contributed by atoms with van der Waals surface area (Å²) in [6.45, 7) is 5.48. The van der Waals surface area contributed by atoms with Gasteiger partial charge >= 0.3 is 0 Å². The molecule has 1 aromatic rings. The number of hydrogen-bond acceptors (Lipinski definition) is 3. The first-order chi connectivity index (χ1) is 15.2.